The van der Waals surface area contributed by atoms with Gasteiger partial charge in [-0.05, 0) is 30.3 Å². The molecule has 2 aliphatic heterocycles. The van der Waals surface area contributed by atoms with E-state index in [9.17, 15) is 13.4 Å². The number of carbonyl (C=O) groups excluding carboxylic acids is 1. The van der Waals surface area contributed by atoms with Crippen LogP contribution >= 0.6 is 0 Å². The van der Waals surface area contributed by atoms with Gasteiger partial charge in [-0.25, -0.2) is 18.9 Å². The first-order valence-corrected chi connectivity index (χ1v) is 11.7. The Morgan fingerprint density at radius 2 is 2.03 bits per heavy atom. The zero-order valence-corrected chi connectivity index (χ0v) is 17.9. The highest BCUT2D eigenvalue weighted by atomic mass is 32.2. The summed E-state index contributed by atoms with van der Waals surface area (Å²) in [5, 5.41) is 7.61. The van der Waals surface area contributed by atoms with Crippen molar-refractivity contribution in [1.29, 1.82) is 0 Å². The van der Waals surface area contributed by atoms with Crippen molar-refractivity contribution in [1.82, 2.24) is 20.0 Å². The van der Waals surface area contributed by atoms with Gasteiger partial charge in [0.15, 0.2) is 0 Å². The van der Waals surface area contributed by atoms with Gasteiger partial charge in [0.25, 0.3) is 0 Å². The summed E-state index contributed by atoms with van der Waals surface area (Å²) in [6.07, 6.45) is 3.97. The summed E-state index contributed by atoms with van der Waals surface area (Å²) in [6.45, 7) is 2.08. The van der Waals surface area contributed by atoms with Crippen molar-refractivity contribution >= 4 is 28.4 Å². The molecule has 166 valence electrons. The lowest BCUT2D eigenvalue weighted by Crippen LogP contribution is -2.38. The van der Waals surface area contributed by atoms with E-state index >= 15 is 0 Å². The second kappa shape index (κ2) is 8.65. The Bertz CT molecular complexity index is 1130. The third kappa shape index (κ3) is 4.20. The van der Waals surface area contributed by atoms with Gasteiger partial charge < -0.3 is 9.64 Å². The number of hydrogen-bond donors (Lipinski definition) is 0. The predicted molar refractivity (Wildman–Crippen MR) is 117 cm³/mol. The van der Waals surface area contributed by atoms with E-state index < -0.39 is 28.8 Å². The highest BCUT2D eigenvalue weighted by Crippen LogP contribution is 2.30. The summed E-state index contributed by atoms with van der Waals surface area (Å²) >= 11 is 0. The average Bonchev–Trinajstić information content (AvgIpc) is 3.44. The predicted octanol–water partition coefficient (Wildman–Crippen LogP) is 2.07. The van der Waals surface area contributed by atoms with E-state index in [0.717, 1.165) is 5.82 Å². The van der Waals surface area contributed by atoms with E-state index in [1.807, 2.05) is 12.1 Å². The summed E-state index contributed by atoms with van der Waals surface area (Å²) in [7, 11) is -0.752. The first-order valence-electron chi connectivity index (χ1n) is 10.2. The number of nitrogens with zero attached hydrogens (tertiary/aromatic N) is 6. The zero-order chi connectivity index (χ0) is 22.1. The first-order chi connectivity index (χ1) is 15.6. The van der Waals surface area contributed by atoms with Crippen LogP contribution < -0.4 is 9.80 Å². The smallest absolute Gasteiger partial charge is 0.414 e. The van der Waals surface area contributed by atoms with Crippen LogP contribution in [0.4, 0.5) is 20.7 Å². The second-order valence-corrected chi connectivity index (χ2v) is 9.34. The quantitative estimate of drug-likeness (QED) is 0.580. The topological polar surface area (TPSA) is 93.5 Å². The van der Waals surface area contributed by atoms with Gasteiger partial charge >= 0.3 is 6.09 Å². The van der Waals surface area contributed by atoms with Crippen LogP contribution in [0.25, 0.3) is 11.1 Å². The van der Waals surface area contributed by atoms with Gasteiger partial charge in [-0.3, -0.25) is 9.11 Å². The number of anilines is 2. The molecule has 0 radical (unpaired) electrons. The van der Waals surface area contributed by atoms with Crippen molar-refractivity contribution in [2.24, 2.45) is 0 Å². The first kappa shape index (κ1) is 20.6. The Morgan fingerprint density at radius 3 is 2.72 bits per heavy atom. The number of halogens is 1. The number of amides is 1. The molecule has 0 spiro atoms. The Labute approximate surface area is 186 Å². The van der Waals surface area contributed by atoms with Crippen LogP contribution in [0.1, 0.15) is 0 Å². The Morgan fingerprint density at radius 1 is 1.19 bits per heavy atom. The number of rotatable bonds is 5. The number of ether oxygens (including phenoxy) is 1. The van der Waals surface area contributed by atoms with Gasteiger partial charge in [0.05, 0.1) is 25.0 Å². The van der Waals surface area contributed by atoms with E-state index in [1.165, 1.54) is 11.0 Å². The second-order valence-electron chi connectivity index (χ2n) is 7.65. The molecule has 2 aliphatic rings. The number of carbonyl (C=O) groups is 1. The van der Waals surface area contributed by atoms with Crippen LogP contribution in [-0.2, 0) is 22.1 Å². The molecule has 3 aromatic rings. The highest BCUT2D eigenvalue weighted by molar-refractivity contribution is 7.85. The summed E-state index contributed by atoms with van der Waals surface area (Å²) in [6, 6.07) is 8.35. The highest BCUT2D eigenvalue weighted by Gasteiger charge is 2.33. The van der Waals surface area contributed by atoms with Crippen LogP contribution in [-0.4, -0.2) is 67.5 Å². The van der Waals surface area contributed by atoms with Gasteiger partial charge in [-0.1, -0.05) is 5.21 Å². The van der Waals surface area contributed by atoms with Crippen LogP contribution in [0, 0.1) is 5.82 Å². The van der Waals surface area contributed by atoms with E-state index in [4.69, 9.17) is 4.74 Å². The molecule has 1 atom stereocenters. The summed E-state index contributed by atoms with van der Waals surface area (Å²) < 4.78 is 33.4. The molecule has 0 saturated carbocycles. The molecule has 32 heavy (non-hydrogen) atoms. The average molecular weight is 457 g/mol. The molecule has 0 N–H and O–H groups in total. The normalized spacial score (nSPS) is 19.4. The fourth-order valence-electron chi connectivity index (χ4n) is 3.87. The van der Waals surface area contributed by atoms with E-state index in [1.54, 1.807) is 35.4 Å². The summed E-state index contributed by atoms with van der Waals surface area (Å²) in [4.78, 5) is 20.3. The lowest BCUT2D eigenvalue weighted by molar-refractivity contribution is 0.129. The molecular weight excluding hydrogens is 435 g/mol. The molecule has 9 nitrogen and oxygen atoms in total. The lowest BCUT2D eigenvalue weighted by Gasteiger charge is -2.27. The van der Waals surface area contributed by atoms with E-state index in [2.05, 4.69) is 20.2 Å². The number of cyclic esters (lactones) is 1. The minimum Gasteiger partial charge on any atom is -0.442 e. The fraction of sp³-hybridized carbons (Fsp3) is 0.333. The largest absolute Gasteiger partial charge is 0.442 e. The number of aromatic nitrogens is 4. The van der Waals surface area contributed by atoms with Gasteiger partial charge in [0.1, 0.15) is 17.7 Å². The standard InChI is InChI=1S/C21H21FN6O3S/c22-19-11-16(28-14-17(31-21(28)29)13-27-6-5-24-25-27)2-3-18(19)15-1-4-20(23-12-15)26-7-9-32(30)10-8-26/h1-6,11-12,17H,7-10,13-14H2/t17-/m0/s1. The molecular formula is C21H21FN6O3S. The van der Waals surface area contributed by atoms with Crippen molar-refractivity contribution < 1.29 is 18.1 Å². The monoisotopic (exact) mass is 456 g/mol. The molecule has 0 bridgehead atoms. The van der Waals surface area contributed by atoms with Crippen molar-refractivity contribution in [2.75, 3.05) is 40.9 Å². The molecule has 1 amide bonds. The number of hydrogen-bond acceptors (Lipinski definition) is 7. The molecule has 2 saturated heterocycles. The maximum atomic E-state index is 14.9. The fourth-order valence-corrected chi connectivity index (χ4v) is 4.92. The summed E-state index contributed by atoms with van der Waals surface area (Å²) in [5.41, 5.74) is 1.48. The Hall–Kier alpha value is -3.34. The van der Waals surface area contributed by atoms with Gasteiger partial charge in [0, 0.05) is 58.9 Å². The zero-order valence-electron chi connectivity index (χ0n) is 17.1. The summed E-state index contributed by atoms with van der Waals surface area (Å²) in [5.74, 6) is 1.62. The third-order valence-electron chi connectivity index (χ3n) is 5.56. The molecule has 4 heterocycles. The molecule has 0 aliphatic carbocycles. The maximum Gasteiger partial charge on any atom is 0.414 e. The van der Waals surface area contributed by atoms with Gasteiger partial charge in [0.2, 0.25) is 0 Å². The van der Waals surface area contributed by atoms with Gasteiger partial charge in [-0.15, -0.1) is 5.10 Å². The van der Waals surface area contributed by atoms with Crippen LogP contribution in [0.5, 0.6) is 0 Å². The molecule has 11 heteroatoms. The minimum atomic E-state index is -0.752. The van der Waals surface area contributed by atoms with Crippen molar-refractivity contribution in [3.05, 3.63) is 54.7 Å². The van der Waals surface area contributed by atoms with Crippen molar-refractivity contribution in [2.45, 2.75) is 12.6 Å². The molecule has 5 rings (SSSR count). The molecule has 2 fully saturated rings. The van der Waals surface area contributed by atoms with Crippen LogP contribution in [0.15, 0.2) is 48.9 Å². The van der Waals surface area contributed by atoms with E-state index in [0.29, 0.717) is 54.5 Å². The van der Waals surface area contributed by atoms with Crippen molar-refractivity contribution in [3.8, 4) is 11.1 Å². The number of benzene rings is 1. The SMILES string of the molecule is O=C1O[C@@H](Cn2ccnn2)CN1c1ccc(-c2ccc(N3CCS(=O)CC3)nc2)c(F)c1. The van der Waals surface area contributed by atoms with Crippen LogP contribution in [0.2, 0.25) is 0 Å². The number of pyridine rings is 1. The van der Waals surface area contributed by atoms with Crippen LogP contribution in [0.3, 0.4) is 0 Å². The third-order valence-corrected chi connectivity index (χ3v) is 6.84. The Kier molecular flexibility index (Phi) is 5.56. The van der Waals surface area contributed by atoms with E-state index in [-0.39, 0.29) is 0 Å². The maximum absolute atomic E-state index is 14.9. The Balaban J connectivity index is 1.29. The molecule has 2 aromatic heterocycles. The lowest BCUT2D eigenvalue weighted by atomic mass is 10.1. The molecule has 0 unspecified atom stereocenters. The van der Waals surface area contributed by atoms with Gasteiger partial charge in [-0.2, -0.15) is 0 Å². The molecule has 1 aromatic carbocycles. The van der Waals surface area contributed by atoms with Crippen molar-refractivity contribution in [3.63, 3.8) is 0 Å². The minimum absolute atomic E-state index is 0.300.